The SMILES string of the molecule is Nc1cccc(S(=O)(=O)c2ccccc2N)c1. The van der Waals surface area contributed by atoms with Crippen LogP contribution in [0.4, 0.5) is 11.4 Å². The summed E-state index contributed by atoms with van der Waals surface area (Å²) in [6, 6.07) is 12.5. The molecule has 0 aromatic heterocycles. The van der Waals surface area contributed by atoms with Crippen molar-refractivity contribution in [2.45, 2.75) is 9.79 Å². The average Bonchev–Trinajstić information content (AvgIpc) is 2.29. The van der Waals surface area contributed by atoms with Crippen molar-refractivity contribution in [1.29, 1.82) is 0 Å². The van der Waals surface area contributed by atoms with Gasteiger partial charge in [0.25, 0.3) is 0 Å². The molecule has 2 aromatic carbocycles. The quantitative estimate of drug-likeness (QED) is 0.792. The minimum atomic E-state index is -3.60. The van der Waals surface area contributed by atoms with Crippen molar-refractivity contribution >= 4 is 21.2 Å². The highest BCUT2D eigenvalue weighted by atomic mass is 32.2. The fourth-order valence-corrected chi connectivity index (χ4v) is 2.97. The topological polar surface area (TPSA) is 86.2 Å². The van der Waals surface area contributed by atoms with Crippen LogP contribution >= 0.6 is 0 Å². The van der Waals surface area contributed by atoms with Crippen molar-refractivity contribution < 1.29 is 8.42 Å². The van der Waals surface area contributed by atoms with E-state index >= 15 is 0 Å². The highest BCUT2D eigenvalue weighted by molar-refractivity contribution is 7.91. The zero-order valence-corrected chi connectivity index (χ0v) is 9.81. The van der Waals surface area contributed by atoms with Crippen molar-refractivity contribution in [3.8, 4) is 0 Å². The molecule has 0 aliphatic carbocycles. The van der Waals surface area contributed by atoms with Gasteiger partial charge in [0, 0.05) is 5.69 Å². The number of sulfone groups is 1. The molecular formula is C12H12N2O2S. The summed E-state index contributed by atoms with van der Waals surface area (Å²) in [6.07, 6.45) is 0. The van der Waals surface area contributed by atoms with E-state index < -0.39 is 9.84 Å². The van der Waals surface area contributed by atoms with Crippen molar-refractivity contribution in [2.75, 3.05) is 11.5 Å². The lowest BCUT2D eigenvalue weighted by Gasteiger charge is -2.07. The number of para-hydroxylation sites is 1. The molecular weight excluding hydrogens is 236 g/mol. The summed E-state index contributed by atoms with van der Waals surface area (Å²) in [5.41, 5.74) is 11.9. The summed E-state index contributed by atoms with van der Waals surface area (Å²) < 4.78 is 24.5. The van der Waals surface area contributed by atoms with Gasteiger partial charge in [-0.1, -0.05) is 18.2 Å². The second kappa shape index (κ2) is 4.10. The Bertz CT molecular complexity index is 651. The molecule has 0 amide bonds. The van der Waals surface area contributed by atoms with E-state index in [2.05, 4.69) is 0 Å². The molecule has 0 spiro atoms. The molecule has 0 saturated carbocycles. The number of nitrogens with two attached hydrogens (primary N) is 2. The Balaban J connectivity index is 2.63. The van der Waals surface area contributed by atoms with Crippen LogP contribution in [0, 0.1) is 0 Å². The third-order valence-corrected chi connectivity index (χ3v) is 4.20. The van der Waals surface area contributed by atoms with Crippen LogP contribution in [0.15, 0.2) is 58.3 Å². The van der Waals surface area contributed by atoms with E-state index in [9.17, 15) is 8.42 Å². The number of hydrogen-bond donors (Lipinski definition) is 2. The van der Waals surface area contributed by atoms with Crippen molar-refractivity contribution in [3.63, 3.8) is 0 Å². The van der Waals surface area contributed by atoms with Gasteiger partial charge in [-0.25, -0.2) is 8.42 Å². The van der Waals surface area contributed by atoms with Crippen LogP contribution in [0.1, 0.15) is 0 Å². The Morgan fingerprint density at radius 3 is 2.24 bits per heavy atom. The third-order valence-electron chi connectivity index (χ3n) is 2.38. The molecule has 0 bridgehead atoms. The van der Waals surface area contributed by atoms with Gasteiger partial charge in [0.05, 0.1) is 15.5 Å². The molecule has 0 heterocycles. The fraction of sp³-hybridized carbons (Fsp3) is 0. The van der Waals surface area contributed by atoms with Crippen LogP contribution in [0.5, 0.6) is 0 Å². The molecule has 88 valence electrons. The average molecular weight is 248 g/mol. The van der Waals surface area contributed by atoms with Gasteiger partial charge in [-0.05, 0) is 30.3 Å². The second-order valence-electron chi connectivity index (χ2n) is 3.61. The molecule has 17 heavy (non-hydrogen) atoms. The molecule has 0 aliphatic heterocycles. The second-order valence-corrected chi connectivity index (χ2v) is 5.53. The van der Waals surface area contributed by atoms with Gasteiger partial charge in [0.15, 0.2) is 0 Å². The van der Waals surface area contributed by atoms with Crippen LogP contribution < -0.4 is 11.5 Å². The van der Waals surface area contributed by atoms with E-state index in [-0.39, 0.29) is 15.5 Å². The maximum absolute atomic E-state index is 12.3. The monoisotopic (exact) mass is 248 g/mol. The first-order valence-electron chi connectivity index (χ1n) is 4.97. The maximum atomic E-state index is 12.3. The zero-order valence-electron chi connectivity index (χ0n) is 9.00. The molecule has 5 heteroatoms. The lowest BCUT2D eigenvalue weighted by molar-refractivity contribution is 0.596. The van der Waals surface area contributed by atoms with Crippen LogP contribution in [0.25, 0.3) is 0 Å². The van der Waals surface area contributed by atoms with Crippen LogP contribution in [-0.2, 0) is 9.84 Å². The first-order chi connectivity index (χ1) is 8.01. The summed E-state index contributed by atoms with van der Waals surface area (Å²) in [4.78, 5) is 0.251. The summed E-state index contributed by atoms with van der Waals surface area (Å²) in [5.74, 6) is 0. The van der Waals surface area contributed by atoms with E-state index in [4.69, 9.17) is 11.5 Å². The minimum Gasteiger partial charge on any atom is -0.399 e. The summed E-state index contributed by atoms with van der Waals surface area (Å²) in [5, 5.41) is 0. The zero-order chi connectivity index (χ0) is 12.5. The smallest absolute Gasteiger partial charge is 0.208 e. The normalized spacial score (nSPS) is 11.3. The number of hydrogen-bond acceptors (Lipinski definition) is 4. The first kappa shape index (κ1) is 11.5. The Labute approximate surface area is 99.8 Å². The number of rotatable bonds is 2. The first-order valence-corrected chi connectivity index (χ1v) is 6.45. The van der Waals surface area contributed by atoms with E-state index in [0.717, 1.165) is 0 Å². The predicted octanol–water partition coefficient (Wildman–Crippen LogP) is 1.68. The van der Waals surface area contributed by atoms with E-state index in [1.165, 1.54) is 18.2 Å². The van der Waals surface area contributed by atoms with Gasteiger partial charge in [-0.15, -0.1) is 0 Å². The molecule has 4 nitrogen and oxygen atoms in total. The van der Waals surface area contributed by atoms with Crippen molar-refractivity contribution in [3.05, 3.63) is 48.5 Å². The predicted molar refractivity (Wildman–Crippen MR) is 67.2 cm³/mol. The van der Waals surface area contributed by atoms with Gasteiger partial charge in [0.2, 0.25) is 9.84 Å². The molecule has 4 N–H and O–H groups in total. The molecule has 2 rings (SSSR count). The molecule has 0 radical (unpaired) electrons. The van der Waals surface area contributed by atoms with Gasteiger partial charge >= 0.3 is 0 Å². The molecule has 0 atom stereocenters. The van der Waals surface area contributed by atoms with Gasteiger partial charge < -0.3 is 11.5 Å². The Kier molecular flexibility index (Phi) is 2.77. The van der Waals surface area contributed by atoms with Gasteiger partial charge in [0.1, 0.15) is 0 Å². The lowest BCUT2D eigenvalue weighted by Crippen LogP contribution is -2.05. The maximum Gasteiger partial charge on any atom is 0.208 e. The van der Waals surface area contributed by atoms with Crippen LogP contribution in [0.3, 0.4) is 0 Å². The Hall–Kier alpha value is -2.01. The summed E-state index contributed by atoms with van der Waals surface area (Å²) >= 11 is 0. The van der Waals surface area contributed by atoms with E-state index in [1.54, 1.807) is 30.3 Å². The molecule has 0 fully saturated rings. The standard InChI is InChI=1S/C12H12N2O2S/c13-9-4-3-5-10(8-9)17(15,16)12-7-2-1-6-11(12)14/h1-8H,13-14H2. The number of benzene rings is 2. The Morgan fingerprint density at radius 2 is 1.59 bits per heavy atom. The van der Waals surface area contributed by atoms with Crippen molar-refractivity contribution in [1.82, 2.24) is 0 Å². The van der Waals surface area contributed by atoms with Gasteiger partial charge in [-0.2, -0.15) is 0 Å². The highest BCUT2D eigenvalue weighted by Gasteiger charge is 2.19. The Morgan fingerprint density at radius 1 is 0.882 bits per heavy atom. The largest absolute Gasteiger partial charge is 0.399 e. The molecule has 2 aromatic rings. The molecule has 0 unspecified atom stereocenters. The van der Waals surface area contributed by atoms with Crippen LogP contribution in [0.2, 0.25) is 0 Å². The molecule has 0 saturated heterocycles. The third kappa shape index (κ3) is 2.09. The lowest BCUT2D eigenvalue weighted by atomic mass is 10.3. The number of nitrogen functional groups attached to an aromatic ring is 2. The number of anilines is 2. The van der Waals surface area contributed by atoms with E-state index in [1.807, 2.05) is 0 Å². The fourth-order valence-electron chi connectivity index (χ4n) is 1.53. The summed E-state index contributed by atoms with van der Waals surface area (Å²) in [6.45, 7) is 0. The van der Waals surface area contributed by atoms with Crippen molar-refractivity contribution in [2.24, 2.45) is 0 Å². The van der Waals surface area contributed by atoms with Gasteiger partial charge in [-0.3, -0.25) is 0 Å². The highest BCUT2D eigenvalue weighted by Crippen LogP contribution is 2.26. The summed E-state index contributed by atoms with van der Waals surface area (Å²) in [7, 11) is -3.60. The molecule has 0 aliphatic rings. The van der Waals surface area contributed by atoms with E-state index in [0.29, 0.717) is 5.69 Å². The van der Waals surface area contributed by atoms with Crippen LogP contribution in [-0.4, -0.2) is 8.42 Å². The minimum absolute atomic E-state index is 0.102.